The lowest BCUT2D eigenvalue weighted by Gasteiger charge is -2.01. The Hall–Kier alpha value is -0.960. The van der Waals surface area contributed by atoms with Gasteiger partial charge >= 0.3 is 0 Å². The van der Waals surface area contributed by atoms with Gasteiger partial charge in [0.1, 0.15) is 6.04 Å². The van der Waals surface area contributed by atoms with Crippen molar-refractivity contribution in [2.45, 2.75) is 13.0 Å². The monoisotopic (exact) mass is 158 g/mol. The number of rotatable bonds is 1. The summed E-state index contributed by atoms with van der Waals surface area (Å²) in [5.41, 5.74) is 4.40. The smallest absolute Gasteiger partial charge is 0.159 e. The molecule has 3 heteroatoms. The minimum atomic E-state index is -0.811. The molecule has 11 heavy (non-hydrogen) atoms. The molecule has 1 rings (SSSR count). The maximum Gasteiger partial charge on any atom is 0.159 e. The molecule has 0 spiro atoms. The van der Waals surface area contributed by atoms with Gasteiger partial charge in [0.05, 0.1) is 0 Å². The zero-order chi connectivity index (χ0) is 8.43. The van der Waals surface area contributed by atoms with Crippen molar-refractivity contribution in [1.29, 1.82) is 0 Å². The summed E-state index contributed by atoms with van der Waals surface area (Å²) in [5, 5.41) is 0. The first-order chi connectivity index (χ1) is 5.11. The lowest BCUT2D eigenvalue weighted by atomic mass is 10.1. The molecule has 0 aromatic heterocycles. The molecule has 0 aliphatic rings. The van der Waals surface area contributed by atoms with Crippen molar-refractivity contribution in [3.05, 3.63) is 35.4 Å². The van der Waals surface area contributed by atoms with Gasteiger partial charge in [-0.05, 0) is 25.1 Å². The van der Waals surface area contributed by atoms with Crippen molar-refractivity contribution in [2.24, 2.45) is 0 Å². The van der Waals surface area contributed by atoms with Gasteiger partial charge in [0.2, 0.25) is 0 Å². The third-order valence-corrected chi connectivity index (χ3v) is 1.51. The predicted octanol–water partition coefficient (Wildman–Crippen LogP) is 1.27. The van der Waals surface area contributed by atoms with Crippen LogP contribution in [0.3, 0.4) is 0 Å². The summed E-state index contributed by atoms with van der Waals surface area (Å²) >= 11 is 0. The topological polar surface area (TPSA) is 27.6 Å². The molecule has 0 saturated carbocycles. The van der Waals surface area contributed by atoms with Crippen LogP contribution < -0.4 is 5.73 Å². The average molecular weight is 158 g/mol. The summed E-state index contributed by atoms with van der Waals surface area (Å²) in [4.78, 5) is 0. The molecule has 0 saturated heterocycles. The molecule has 1 aromatic rings. The number of halogens is 2. The van der Waals surface area contributed by atoms with Gasteiger partial charge in [-0.25, -0.2) is 8.78 Å². The van der Waals surface area contributed by atoms with Crippen LogP contribution in [0.5, 0.6) is 0 Å². The Balaban J connectivity index is 3.05. The Labute approximate surface area is 63.8 Å². The van der Waals surface area contributed by atoms with Crippen LogP contribution >= 0.6 is 0 Å². The highest BCUT2D eigenvalue weighted by atomic mass is 19.2. The first kappa shape index (κ1) is 8.14. The molecule has 0 fully saturated rings. The Morgan fingerprint density at radius 2 is 1.91 bits per heavy atom. The van der Waals surface area contributed by atoms with Crippen LogP contribution in [0.15, 0.2) is 18.2 Å². The minimum absolute atomic E-state index is 0.00917. The molecular formula is C8H10F2N+. The van der Waals surface area contributed by atoms with E-state index >= 15 is 0 Å². The quantitative estimate of drug-likeness (QED) is 0.637. The number of benzene rings is 1. The largest absolute Gasteiger partial charge is 0.352 e. The van der Waals surface area contributed by atoms with Gasteiger partial charge in [-0.2, -0.15) is 0 Å². The summed E-state index contributed by atoms with van der Waals surface area (Å²) < 4.78 is 24.9. The standard InChI is InChI=1S/C8H9F2N/c1-5(11)6-2-3-7(9)8(10)4-6/h2-5H,11H2,1H3/p+1/t5-/m1/s1. The van der Waals surface area contributed by atoms with E-state index in [1.807, 2.05) is 6.92 Å². The van der Waals surface area contributed by atoms with Gasteiger partial charge in [-0.1, -0.05) is 0 Å². The Bertz CT molecular complexity index is 258. The van der Waals surface area contributed by atoms with E-state index in [4.69, 9.17) is 0 Å². The third-order valence-electron chi connectivity index (χ3n) is 1.51. The molecule has 0 aliphatic heterocycles. The molecule has 1 nitrogen and oxygen atoms in total. The molecule has 60 valence electrons. The second kappa shape index (κ2) is 2.96. The fourth-order valence-electron chi connectivity index (χ4n) is 0.819. The van der Waals surface area contributed by atoms with E-state index in [0.717, 1.165) is 6.07 Å². The summed E-state index contributed by atoms with van der Waals surface area (Å²) in [7, 11) is 0. The highest BCUT2D eigenvalue weighted by Crippen LogP contribution is 2.12. The molecule has 1 atom stereocenters. The maximum absolute atomic E-state index is 12.5. The van der Waals surface area contributed by atoms with E-state index in [0.29, 0.717) is 5.56 Å². The minimum Gasteiger partial charge on any atom is -0.352 e. The number of quaternary nitrogens is 1. The van der Waals surface area contributed by atoms with Crippen LogP contribution in [0.25, 0.3) is 0 Å². The van der Waals surface area contributed by atoms with Crippen molar-refractivity contribution in [3.8, 4) is 0 Å². The zero-order valence-electron chi connectivity index (χ0n) is 6.27. The van der Waals surface area contributed by atoms with Crippen LogP contribution in [0, 0.1) is 11.6 Å². The van der Waals surface area contributed by atoms with E-state index in [9.17, 15) is 8.78 Å². The van der Waals surface area contributed by atoms with Crippen LogP contribution in [0.4, 0.5) is 8.78 Å². The van der Waals surface area contributed by atoms with E-state index in [2.05, 4.69) is 5.73 Å². The maximum atomic E-state index is 12.5. The lowest BCUT2D eigenvalue weighted by molar-refractivity contribution is -0.420. The van der Waals surface area contributed by atoms with Gasteiger partial charge < -0.3 is 5.73 Å². The summed E-state index contributed by atoms with van der Waals surface area (Å²) in [6.45, 7) is 1.83. The second-order valence-corrected chi connectivity index (χ2v) is 2.57. The van der Waals surface area contributed by atoms with Gasteiger partial charge in [0.15, 0.2) is 11.6 Å². The number of hydrogen-bond donors (Lipinski definition) is 1. The summed E-state index contributed by atoms with van der Waals surface area (Å²) in [6.07, 6.45) is 0. The highest BCUT2D eigenvalue weighted by molar-refractivity contribution is 5.18. The molecule has 0 heterocycles. The Morgan fingerprint density at radius 3 is 2.36 bits per heavy atom. The van der Waals surface area contributed by atoms with E-state index in [1.165, 1.54) is 12.1 Å². The fraction of sp³-hybridized carbons (Fsp3) is 0.250. The predicted molar refractivity (Wildman–Crippen MR) is 37.7 cm³/mol. The molecule has 0 aliphatic carbocycles. The summed E-state index contributed by atoms with van der Waals surface area (Å²) in [6, 6.07) is 3.82. The normalized spacial score (nSPS) is 13.1. The molecule has 0 amide bonds. The first-order valence-electron chi connectivity index (χ1n) is 3.39. The van der Waals surface area contributed by atoms with E-state index < -0.39 is 11.6 Å². The van der Waals surface area contributed by atoms with Crippen molar-refractivity contribution in [1.82, 2.24) is 0 Å². The molecule has 3 N–H and O–H groups in total. The van der Waals surface area contributed by atoms with Crippen molar-refractivity contribution < 1.29 is 14.5 Å². The van der Waals surface area contributed by atoms with Crippen LogP contribution in [0.2, 0.25) is 0 Å². The van der Waals surface area contributed by atoms with E-state index in [1.54, 1.807) is 0 Å². The first-order valence-corrected chi connectivity index (χ1v) is 3.39. The zero-order valence-corrected chi connectivity index (χ0v) is 6.27. The van der Waals surface area contributed by atoms with E-state index in [-0.39, 0.29) is 6.04 Å². The second-order valence-electron chi connectivity index (χ2n) is 2.57. The highest BCUT2D eigenvalue weighted by Gasteiger charge is 2.06. The van der Waals surface area contributed by atoms with Gasteiger partial charge in [0.25, 0.3) is 0 Å². The van der Waals surface area contributed by atoms with Crippen molar-refractivity contribution in [3.63, 3.8) is 0 Å². The molecular weight excluding hydrogens is 148 g/mol. The Morgan fingerprint density at radius 1 is 1.27 bits per heavy atom. The Kier molecular flexibility index (Phi) is 2.19. The van der Waals surface area contributed by atoms with Crippen LogP contribution in [0.1, 0.15) is 18.5 Å². The van der Waals surface area contributed by atoms with Gasteiger partial charge in [-0.3, -0.25) is 0 Å². The van der Waals surface area contributed by atoms with Crippen molar-refractivity contribution >= 4 is 0 Å². The third kappa shape index (κ3) is 1.74. The average Bonchev–Trinajstić information content (AvgIpc) is 1.94. The SMILES string of the molecule is C[C@@H]([NH3+])c1ccc(F)c(F)c1. The molecule has 0 unspecified atom stereocenters. The molecule has 0 bridgehead atoms. The fourth-order valence-corrected chi connectivity index (χ4v) is 0.819. The molecule has 1 aromatic carbocycles. The van der Waals surface area contributed by atoms with Gasteiger partial charge in [0, 0.05) is 5.56 Å². The van der Waals surface area contributed by atoms with Gasteiger partial charge in [-0.15, -0.1) is 0 Å². The molecule has 0 radical (unpaired) electrons. The summed E-state index contributed by atoms with van der Waals surface area (Å²) in [5.74, 6) is -1.62. The van der Waals surface area contributed by atoms with Crippen LogP contribution in [-0.2, 0) is 0 Å². The lowest BCUT2D eigenvalue weighted by Crippen LogP contribution is -2.51. The van der Waals surface area contributed by atoms with Crippen molar-refractivity contribution in [2.75, 3.05) is 0 Å². The van der Waals surface area contributed by atoms with Crippen LogP contribution in [-0.4, -0.2) is 0 Å². The number of hydrogen-bond acceptors (Lipinski definition) is 0.